The highest BCUT2D eigenvalue weighted by Gasteiger charge is 2.32. The van der Waals surface area contributed by atoms with Crippen LogP contribution < -0.4 is 10.6 Å². The molecule has 1 heterocycles. The highest BCUT2D eigenvalue weighted by Crippen LogP contribution is 2.32. The predicted octanol–water partition coefficient (Wildman–Crippen LogP) is 4.07. The number of fused-ring (bicyclic) bond motifs is 1. The van der Waals surface area contributed by atoms with Crippen molar-refractivity contribution in [1.82, 2.24) is 10.2 Å². The van der Waals surface area contributed by atoms with Gasteiger partial charge in [-0.25, -0.2) is 4.79 Å². The fraction of sp³-hybridized carbons (Fsp3) is 0.400. The summed E-state index contributed by atoms with van der Waals surface area (Å²) in [5.41, 5.74) is 2.85. The molecule has 2 amide bonds. The van der Waals surface area contributed by atoms with Crippen LogP contribution in [0.15, 0.2) is 48.5 Å². The van der Waals surface area contributed by atoms with Crippen LogP contribution in [0.2, 0.25) is 0 Å². The summed E-state index contributed by atoms with van der Waals surface area (Å²) in [6.45, 7) is 6.80. The number of carbonyl (C=O) groups excluding carboxylic acids is 2. The number of hydrogen-bond donors (Lipinski definition) is 3. The van der Waals surface area contributed by atoms with E-state index in [-0.39, 0.29) is 12.3 Å². The van der Waals surface area contributed by atoms with Crippen molar-refractivity contribution in [2.24, 2.45) is 0 Å². The van der Waals surface area contributed by atoms with Gasteiger partial charge in [-0.3, -0.25) is 14.5 Å². The van der Waals surface area contributed by atoms with Crippen LogP contribution in [0, 0.1) is 0 Å². The molecule has 0 radical (unpaired) electrons. The summed E-state index contributed by atoms with van der Waals surface area (Å²) < 4.78 is 5.16. The number of nitrogens with zero attached hydrogens (tertiary/aromatic N) is 1. The molecule has 176 valence electrons. The van der Waals surface area contributed by atoms with E-state index in [1.54, 1.807) is 45.0 Å². The third-order valence-corrected chi connectivity index (χ3v) is 5.20. The van der Waals surface area contributed by atoms with Crippen LogP contribution in [0.4, 0.5) is 10.5 Å². The van der Waals surface area contributed by atoms with E-state index >= 15 is 0 Å². The van der Waals surface area contributed by atoms with E-state index in [2.05, 4.69) is 10.6 Å². The van der Waals surface area contributed by atoms with E-state index in [9.17, 15) is 19.5 Å². The van der Waals surface area contributed by atoms with E-state index in [1.165, 1.54) is 0 Å². The molecule has 0 unspecified atom stereocenters. The second-order valence-electron chi connectivity index (χ2n) is 9.12. The normalized spacial score (nSPS) is 14.3. The van der Waals surface area contributed by atoms with Crippen molar-refractivity contribution in [2.45, 2.75) is 58.3 Å². The SMILES string of the molecule is CC(C)(C)OC(=O)NCCCC(=O)Nc1cccc([C@@H](C(=O)O)N2Cc3ccccc3C2)c1. The molecule has 0 aromatic heterocycles. The molecule has 0 saturated carbocycles. The average molecular weight is 454 g/mol. The molecule has 3 rings (SSSR count). The number of benzene rings is 2. The van der Waals surface area contributed by atoms with Gasteiger partial charge < -0.3 is 20.5 Å². The molecule has 0 bridgehead atoms. The Kier molecular flexibility index (Phi) is 7.71. The van der Waals surface area contributed by atoms with Crippen LogP contribution in [0.5, 0.6) is 0 Å². The predicted molar refractivity (Wildman–Crippen MR) is 125 cm³/mol. The number of carboxylic acid groups (broad SMARTS) is 1. The number of anilines is 1. The topological polar surface area (TPSA) is 108 Å². The maximum atomic E-state index is 12.3. The Morgan fingerprint density at radius 3 is 2.33 bits per heavy atom. The zero-order valence-electron chi connectivity index (χ0n) is 19.3. The molecule has 0 aliphatic carbocycles. The summed E-state index contributed by atoms with van der Waals surface area (Å²) in [7, 11) is 0. The Hall–Kier alpha value is -3.39. The van der Waals surface area contributed by atoms with Crippen LogP contribution in [0.3, 0.4) is 0 Å². The third-order valence-electron chi connectivity index (χ3n) is 5.20. The second kappa shape index (κ2) is 10.5. The minimum absolute atomic E-state index is 0.210. The number of aliphatic carboxylic acids is 1. The maximum absolute atomic E-state index is 12.3. The molecule has 3 N–H and O–H groups in total. The fourth-order valence-electron chi connectivity index (χ4n) is 3.82. The van der Waals surface area contributed by atoms with Crippen molar-refractivity contribution in [3.63, 3.8) is 0 Å². The van der Waals surface area contributed by atoms with Crippen LogP contribution in [0.25, 0.3) is 0 Å². The average Bonchev–Trinajstić information content (AvgIpc) is 3.13. The van der Waals surface area contributed by atoms with Crippen LogP contribution >= 0.6 is 0 Å². The number of carboxylic acids is 1. The van der Waals surface area contributed by atoms with Gasteiger partial charge in [0.25, 0.3) is 0 Å². The molecule has 8 nitrogen and oxygen atoms in total. The molecule has 1 atom stereocenters. The molecule has 0 spiro atoms. The van der Waals surface area contributed by atoms with Gasteiger partial charge in [0.2, 0.25) is 5.91 Å². The lowest BCUT2D eigenvalue weighted by Crippen LogP contribution is -2.33. The van der Waals surface area contributed by atoms with E-state index in [0.29, 0.717) is 37.3 Å². The van der Waals surface area contributed by atoms with Gasteiger partial charge in [-0.2, -0.15) is 0 Å². The summed E-state index contributed by atoms with van der Waals surface area (Å²) >= 11 is 0. The summed E-state index contributed by atoms with van der Waals surface area (Å²) in [6, 6.07) is 14.1. The zero-order valence-corrected chi connectivity index (χ0v) is 19.3. The second-order valence-corrected chi connectivity index (χ2v) is 9.12. The van der Waals surface area contributed by atoms with Crippen LogP contribution in [-0.2, 0) is 27.4 Å². The van der Waals surface area contributed by atoms with E-state index < -0.39 is 23.7 Å². The minimum atomic E-state index is -0.931. The van der Waals surface area contributed by atoms with Crippen molar-refractivity contribution in [1.29, 1.82) is 0 Å². The highest BCUT2D eigenvalue weighted by atomic mass is 16.6. The first-order chi connectivity index (χ1) is 15.6. The van der Waals surface area contributed by atoms with Crippen molar-refractivity contribution in [3.05, 3.63) is 65.2 Å². The van der Waals surface area contributed by atoms with Crippen LogP contribution in [-0.4, -0.2) is 40.1 Å². The molecule has 33 heavy (non-hydrogen) atoms. The van der Waals surface area contributed by atoms with Gasteiger partial charge in [0.1, 0.15) is 11.6 Å². The Balaban J connectivity index is 1.55. The van der Waals surface area contributed by atoms with Gasteiger partial charge in [0, 0.05) is 31.7 Å². The smallest absolute Gasteiger partial charge is 0.407 e. The third kappa shape index (κ3) is 7.05. The van der Waals surface area contributed by atoms with Crippen molar-refractivity contribution >= 4 is 23.7 Å². The van der Waals surface area contributed by atoms with Crippen LogP contribution in [0.1, 0.15) is 56.3 Å². The molecular weight excluding hydrogens is 422 g/mol. The first-order valence-corrected chi connectivity index (χ1v) is 11.0. The molecular formula is C25H31N3O5. The number of amides is 2. The Morgan fingerprint density at radius 2 is 1.73 bits per heavy atom. The van der Waals surface area contributed by atoms with Gasteiger partial charge >= 0.3 is 12.1 Å². The number of hydrogen-bond acceptors (Lipinski definition) is 5. The number of nitrogens with one attached hydrogen (secondary N) is 2. The summed E-state index contributed by atoms with van der Waals surface area (Å²) in [5, 5.41) is 15.4. The molecule has 1 aliphatic rings. The Morgan fingerprint density at radius 1 is 1.06 bits per heavy atom. The number of carbonyl (C=O) groups is 3. The number of rotatable bonds is 8. The lowest BCUT2D eigenvalue weighted by Gasteiger charge is -2.24. The fourth-order valence-corrected chi connectivity index (χ4v) is 3.82. The van der Waals surface area contributed by atoms with E-state index in [4.69, 9.17) is 4.74 Å². The molecule has 0 fully saturated rings. The Bertz CT molecular complexity index is 990. The lowest BCUT2D eigenvalue weighted by atomic mass is 10.0. The van der Waals surface area contributed by atoms with Gasteiger partial charge in [-0.1, -0.05) is 36.4 Å². The minimum Gasteiger partial charge on any atom is -0.480 e. The van der Waals surface area contributed by atoms with Crippen molar-refractivity contribution < 1.29 is 24.2 Å². The monoisotopic (exact) mass is 453 g/mol. The molecule has 8 heteroatoms. The molecule has 0 saturated heterocycles. The first kappa shape index (κ1) is 24.3. The van der Waals surface area contributed by atoms with Gasteiger partial charge in [-0.05, 0) is 56.0 Å². The number of alkyl carbamates (subject to hydrolysis) is 1. The first-order valence-electron chi connectivity index (χ1n) is 11.0. The van der Waals surface area contributed by atoms with Crippen molar-refractivity contribution in [2.75, 3.05) is 11.9 Å². The summed E-state index contributed by atoms with van der Waals surface area (Å²) in [4.78, 5) is 38.0. The largest absolute Gasteiger partial charge is 0.480 e. The lowest BCUT2D eigenvalue weighted by molar-refractivity contribution is -0.143. The maximum Gasteiger partial charge on any atom is 0.407 e. The highest BCUT2D eigenvalue weighted by molar-refractivity contribution is 5.91. The van der Waals surface area contributed by atoms with E-state index in [0.717, 1.165) is 11.1 Å². The summed E-state index contributed by atoms with van der Waals surface area (Å²) in [6.07, 6.45) is 0.151. The van der Waals surface area contributed by atoms with Gasteiger partial charge in [0.15, 0.2) is 0 Å². The quantitative estimate of drug-likeness (QED) is 0.520. The zero-order chi connectivity index (χ0) is 24.0. The van der Waals surface area contributed by atoms with Gasteiger partial charge in [0.05, 0.1) is 0 Å². The standard InChI is InChI=1S/C25H31N3O5/c1-25(2,3)33-24(32)26-13-7-12-21(29)27-20-11-6-10-17(14-20)22(23(30)31)28-15-18-8-4-5-9-19(18)16-28/h4-6,8-11,14,22H,7,12-13,15-16H2,1-3H3,(H,26,32)(H,27,29)(H,30,31)/t22-/m0/s1. The Labute approximate surface area is 193 Å². The number of ether oxygens (including phenoxy) is 1. The van der Waals surface area contributed by atoms with Gasteiger partial charge in [-0.15, -0.1) is 0 Å². The molecule has 2 aromatic rings. The molecule has 2 aromatic carbocycles. The van der Waals surface area contributed by atoms with E-state index in [1.807, 2.05) is 29.2 Å². The van der Waals surface area contributed by atoms with Crippen molar-refractivity contribution in [3.8, 4) is 0 Å². The molecule has 1 aliphatic heterocycles. The summed E-state index contributed by atoms with van der Waals surface area (Å²) in [5.74, 6) is -1.14.